The molecule has 2 nitrogen and oxygen atoms in total. The van der Waals surface area contributed by atoms with Crippen LogP contribution in [0.5, 0.6) is 0 Å². The van der Waals surface area contributed by atoms with E-state index in [1.54, 1.807) is 22.7 Å². The van der Waals surface area contributed by atoms with Gasteiger partial charge >= 0.3 is 5.97 Å². The molecule has 0 aromatic carbocycles. The highest BCUT2D eigenvalue weighted by Gasteiger charge is 2.18. The van der Waals surface area contributed by atoms with Crippen LogP contribution in [-0.2, 0) is 22.4 Å². The Hall–Kier alpha value is -1.25. The van der Waals surface area contributed by atoms with Gasteiger partial charge in [-0.2, -0.15) is 0 Å². The van der Waals surface area contributed by atoms with Gasteiger partial charge in [0.15, 0.2) is 0 Å². The zero-order chi connectivity index (χ0) is 20.5. The molecular formula is C22H19BrO2S4. The van der Waals surface area contributed by atoms with Crippen LogP contribution in [0.25, 0.3) is 29.3 Å². The number of hydrogen-bond donors (Lipinski definition) is 0. The molecule has 4 aromatic rings. The largest absolute Gasteiger partial charge is 0.469 e. The van der Waals surface area contributed by atoms with Gasteiger partial charge in [0.2, 0.25) is 0 Å². The van der Waals surface area contributed by atoms with E-state index in [1.807, 2.05) is 28.7 Å². The number of rotatable bonds is 6. The van der Waals surface area contributed by atoms with Crippen LogP contribution in [0.15, 0.2) is 40.2 Å². The summed E-state index contributed by atoms with van der Waals surface area (Å²) in [6.45, 7) is 4.37. The fourth-order valence-electron chi connectivity index (χ4n) is 3.13. The van der Waals surface area contributed by atoms with Gasteiger partial charge < -0.3 is 4.74 Å². The molecule has 29 heavy (non-hydrogen) atoms. The first kappa shape index (κ1) is 21.0. The zero-order valence-corrected chi connectivity index (χ0v) is 21.1. The average molecular weight is 524 g/mol. The highest BCUT2D eigenvalue weighted by Crippen LogP contribution is 2.46. The van der Waals surface area contributed by atoms with Crippen molar-refractivity contribution in [2.45, 2.75) is 26.7 Å². The Bertz CT molecular complexity index is 1160. The molecule has 0 spiro atoms. The predicted molar refractivity (Wildman–Crippen MR) is 132 cm³/mol. The number of ether oxygens (including phenoxy) is 1. The van der Waals surface area contributed by atoms with Crippen LogP contribution in [0.4, 0.5) is 0 Å². The second-order valence-electron chi connectivity index (χ2n) is 6.55. The minimum absolute atomic E-state index is 0.212. The van der Waals surface area contributed by atoms with Crippen molar-refractivity contribution < 1.29 is 9.53 Å². The van der Waals surface area contributed by atoms with Crippen LogP contribution in [0.1, 0.15) is 22.9 Å². The summed E-state index contributed by atoms with van der Waals surface area (Å²) in [6.07, 6.45) is 1.31. The van der Waals surface area contributed by atoms with Crippen molar-refractivity contribution in [3.63, 3.8) is 0 Å². The van der Waals surface area contributed by atoms with Gasteiger partial charge in [-0.1, -0.05) is 6.92 Å². The van der Waals surface area contributed by atoms with Crippen LogP contribution in [-0.4, -0.2) is 13.1 Å². The third-order valence-electron chi connectivity index (χ3n) is 4.57. The molecule has 0 radical (unpaired) electrons. The summed E-state index contributed by atoms with van der Waals surface area (Å²) < 4.78 is 5.89. The number of aryl methyl sites for hydroxylation is 2. The van der Waals surface area contributed by atoms with E-state index in [0.29, 0.717) is 6.42 Å². The van der Waals surface area contributed by atoms with Crippen molar-refractivity contribution in [3.8, 4) is 29.3 Å². The van der Waals surface area contributed by atoms with E-state index in [2.05, 4.69) is 60.1 Å². The Balaban J connectivity index is 1.70. The van der Waals surface area contributed by atoms with E-state index < -0.39 is 0 Å². The molecule has 4 heterocycles. The first-order chi connectivity index (χ1) is 14.0. The third-order valence-corrected chi connectivity index (χ3v) is 10.1. The lowest BCUT2D eigenvalue weighted by Crippen LogP contribution is -2.04. The molecule has 150 valence electrons. The summed E-state index contributed by atoms with van der Waals surface area (Å²) in [6, 6.07) is 13.2. The van der Waals surface area contributed by atoms with Crippen LogP contribution in [0.2, 0.25) is 0 Å². The second-order valence-corrected chi connectivity index (χ2v) is 12.4. The van der Waals surface area contributed by atoms with Gasteiger partial charge in [0.05, 0.1) is 17.3 Å². The molecule has 0 amide bonds. The van der Waals surface area contributed by atoms with Gasteiger partial charge in [-0.15, -0.1) is 45.3 Å². The highest BCUT2D eigenvalue weighted by molar-refractivity contribution is 9.11. The summed E-state index contributed by atoms with van der Waals surface area (Å²) >= 11 is 10.8. The maximum atomic E-state index is 11.8. The van der Waals surface area contributed by atoms with Crippen molar-refractivity contribution in [3.05, 3.63) is 56.2 Å². The molecule has 0 atom stereocenters. The number of methoxy groups -OCH3 is 1. The normalized spacial score (nSPS) is 11.2. The minimum Gasteiger partial charge on any atom is -0.469 e. The quantitative estimate of drug-likeness (QED) is 0.238. The van der Waals surface area contributed by atoms with Crippen molar-refractivity contribution in [1.82, 2.24) is 0 Å². The predicted octanol–water partition coefficient (Wildman–Crippen LogP) is 8.28. The van der Waals surface area contributed by atoms with Crippen molar-refractivity contribution in [2.24, 2.45) is 0 Å². The molecule has 0 aliphatic carbocycles. The van der Waals surface area contributed by atoms with Gasteiger partial charge in [0.25, 0.3) is 0 Å². The Labute approximate surface area is 194 Å². The molecule has 0 fully saturated rings. The molecule has 0 saturated heterocycles. The second kappa shape index (κ2) is 8.86. The van der Waals surface area contributed by atoms with Crippen LogP contribution in [0, 0.1) is 6.92 Å². The maximum absolute atomic E-state index is 11.8. The summed E-state index contributed by atoms with van der Waals surface area (Å²) in [5.41, 5.74) is 2.41. The lowest BCUT2D eigenvalue weighted by atomic mass is 10.1. The monoisotopic (exact) mass is 522 g/mol. The van der Waals surface area contributed by atoms with E-state index in [4.69, 9.17) is 4.74 Å². The maximum Gasteiger partial charge on any atom is 0.310 e. The SMILES string of the molecule is CCc1cc(-c2ccc(C)s2)sc1-c1ccc(-c2sc(Br)cc2CC(=O)OC)s1. The molecule has 0 bridgehead atoms. The van der Waals surface area contributed by atoms with Crippen molar-refractivity contribution in [2.75, 3.05) is 7.11 Å². The van der Waals surface area contributed by atoms with E-state index in [1.165, 1.54) is 41.9 Å². The standard InChI is InChI=1S/C22H19BrO2S4/c1-4-13-9-18(15-6-5-12(2)26-15)28-21(13)16-7-8-17(27-16)22-14(10-19(23)29-22)11-20(24)25-3/h5-10H,4,11H2,1-3H3. The molecule has 0 unspecified atom stereocenters. The topological polar surface area (TPSA) is 26.3 Å². The van der Waals surface area contributed by atoms with Crippen LogP contribution in [0.3, 0.4) is 0 Å². The molecule has 0 N–H and O–H groups in total. The molecule has 7 heteroatoms. The summed E-state index contributed by atoms with van der Waals surface area (Å²) in [7, 11) is 1.43. The third kappa shape index (κ3) is 4.44. The first-order valence-electron chi connectivity index (χ1n) is 9.13. The number of hydrogen-bond acceptors (Lipinski definition) is 6. The van der Waals surface area contributed by atoms with Crippen molar-refractivity contribution in [1.29, 1.82) is 0 Å². The molecule has 0 saturated carbocycles. The van der Waals surface area contributed by atoms with Crippen LogP contribution >= 0.6 is 61.3 Å². The van der Waals surface area contributed by atoms with Gasteiger partial charge in [0.1, 0.15) is 0 Å². The summed E-state index contributed by atoms with van der Waals surface area (Å²) in [5.74, 6) is -0.212. The Morgan fingerprint density at radius 1 is 0.897 bits per heavy atom. The molecule has 0 aliphatic heterocycles. The molecular weight excluding hydrogens is 504 g/mol. The Kier molecular flexibility index (Phi) is 6.41. The summed E-state index contributed by atoms with van der Waals surface area (Å²) in [5, 5.41) is 0. The fourth-order valence-corrected chi connectivity index (χ4v) is 8.30. The minimum atomic E-state index is -0.212. The smallest absolute Gasteiger partial charge is 0.310 e. The number of halogens is 1. The Morgan fingerprint density at radius 3 is 2.21 bits per heavy atom. The van der Waals surface area contributed by atoms with Gasteiger partial charge in [0, 0.05) is 34.1 Å². The van der Waals surface area contributed by atoms with Gasteiger partial charge in [-0.3, -0.25) is 4.79 Å². The van der Waals surface area contributed by atoms with Gasteiger partial charge in [-0.25, -0.2) is 0 Å². The van der Waals surface area contributed by atoms with E-state index in [0.717, 1.165) is 20.6 Å². The first-order valence-corrected chi connectivity index (χ1v) is 13.2. The Morgan fingerprint density at radius 2 is 1.59 bits per heavy atom. The van der Waals surface area contributed by atoms with Crippen LogP contribution < -0.4 is 0 Å². The highest BCUT2D eigenvalue weighted by atomic mass is 79.9. The molecule has 0 aliphatic rings. The van der Waals surface area contributed by atoms with Crippen molar-refractivity contribution >= 4 is 67.2 Å². The number of esters is 1. The lowest BCUT2D eigenvalue weighted by molar-refractivity contribution is -0.139. The molecule has 4 aromatic heterocycles. The number of carbonyl (C=O) groups excluding carboxylic acids is 1. The lowest BCUT2D eigenvalue weighted by Gasteiger charge is -2.01. The number of carbonyl (C=O) groups is 1. The average Bonchev–Trinajstić information content (AvgIpc) is 3.46. The number of thiophene rings is 4. The van der Waals surface area contributed by atoms with Gasteiger partial charge in [-0.05, 0) is 76.8 Å². The van der Waals surface area contributed by atoms with E-state index >= 15 is 0 Å². The summed E-state index contributed by atoms with van der Waals surface area (Å²) in [4.78, 5) is 20.8. The van der Waals surface area contributed by atoms with E-state index in [9.17, 15) is 4.79 Å². The fraction of sp³-hybridized carbons (Fsp3) is 0.227. The van der Waals surface area contributed by atoms with E-state index in [-0.39, 0.29) is 5.97 Å². The zero-order valence-electron chi connectivity index (χ0n) is 16.2. The molecule has 4 rings (SSSR count).